The van der Waals surface area contributed by atoms with Gasteiger partial charge in [0, 0.05) is 37.4 Å². The fourth-order valence-electron chi connectivity index (χ4n) is 5.39. The summed E-state index contributed by atoms with van der Waals surface area (Å²) in [5.74, 6) is -0.143. The molecule has 0 unspecified atom stereocenters. The summed E-state index contributed by atoms with van der Waals surface area (Å²) in [6.07, 6.45) is 9.97. The second kappa shape index (κ2) is 12.7. The molecule has 0 spiro atoms. The molecule has 2 N–H and O–H groups in total. The molecule has 0 saturated carbocycles. The Bertz CT molecular complexity index is 1300. The summed E-state index contributed by atoms with van der Waals surface area (Å²) in [5.41, 5.74) is 6.17. The van der Waals surface area contributed by atoms with Crippen molar-refractivity contribution in [3.63, 3.8) is 0 Å². The molecule has 210 valence electrons. The minimum absolute atomic E-state index is 0.129. The molecule has 2 aliphatic rings. The number of hydrogen-bond donors (Lipinski definition) is 2. The van der Waals surface area contributed by atoms with E-state index < -0.39 is 0 Å². The second-order valence-electron chi connectivity index (χ2n) is 11.2. The zero-order valence-corrected chi connectivity index (χ0v) is 24.3. The molecule has 39 heavy (non-hydrogen) atoms. The van der Waals surface area contributed by atoms with E-state index in [1.807, 2.05) is 37.6 Å². The number of piperidine rings is 1. The molecule has 4 heterocycles. The number of likely N-dealkylation sites (tertiary alicyclic amines) is 1. The Hall–Kier alpha value is -3.30. The average molecular weight is 534 g/mol. The summed E-state index contributed by atoms with van der Waals surface area (Å²) >= 11 is 0. The predicted molar refractivity (Wildman–Crippen MR) is 156 cm³/mol. The molecular formula is C30H43N7O2. The topological polar surface area (TPSA) is 95.4 Å². The monoisotopic (exact) mass is 533 g/mol. The molecule has 9 nitrogen and oxygen atoms in total. The van der Waals surface area contributed by atoms with Crippen LogP contribution in [0.4, 0.5) is 0 Å². The van der Waals surface area contributed by atoms with Gasteiger partial charge in [-0.25, -0.2) is 9.67 Å². The smallest absolute Gasteiger partial charge is 0.252 e. The Morgan fingerprint density at radius 1 is 1.18 bits per heavy atom. The van der Waals surface area contributed by atoms with Crippen molar-refractivity contribution in [1.29, 1.82) is 0 Å². The van der Waals surface area contributed by atoms with Gasteiger partial charge >= 0.3 is 0 Å². The highest BCUT2D eigenvalue weighted by Gasteiger charge is 2.26. The van der Waals surface area contributed by atoms with E-state index in [4.69, 9.17) is 4.98 Å². The summed E-state index contributed by atoms with van der Waals surface area (Å²) in [4.78, 5) is 34.2. The van der Waals surface area contributed by atoms with Crippen molar-refractivity contribution < 1.29 is 9.59 Å². The first-order valence-corrected chi connectivity index (χ1v) is 14.0. The molecule has 0 aliphatic carbocycles. The number of rotatable bonds is 9. The molecule has 0 radical (unpaired) electrons. The third-order valence-electron chi connectivity index (χ3n) is 7.98. The Labute approximate surface area is 232 Å². The molecule has 1 fully saturated rings. The van der Waals surface area contributed by atoms with Gasteiger partial charge in [-0.3, -0.25) is 14.5 Å². The van der Waals surface area contributed by atoms with E-state index in [9.17, 15) is 9.59 Å². The van der Waals surface area contributed by atoms with E-state index in [1.54, 1.807) is 6.20 Å². The fraction of sp³-hybridized carbons (Fsp3) is 0.533. The number of aromatic nitrogens is 3. The highest BCUT2D eigenvalue weighted by Crippen LogP contribution is 2.29. The first-order valence-electron chi connectivity index (χ1n) is 14.0. The van der Waals surface area contributed by atoms with Crippen LogP contribution in [0, 0.1) is 0 Å². The number of fused-ring (bicyclic) bond motifs is 1. The van der Waals surface area contributed by atoms with E-state index in [1.165, 1.54) is 18.4 Å². The highest BCUT2D eigenvalue weighted by atomic mass is 16.1. The number of nitrogens with zero attached hydrogens (tertiary/aromatic N) is 5. The molecule has 4 rings (SSSR count). The number of hydrogen-bond acceptors (Lipinski definition) is 6. The number of allylic oxidation sites excluding steroid dienone is 3. The maximum Gasteiger partial charge on any atom is 0.252 e. The third-order valence-corrected chi connectivity index (χ3v) is 7.98. The van der Waals surface area contributed by atoms with Gasteiger partial charge in [-0.05, 0) is 97.3 Å². The van der Waals surface area contributed by atoms with Crippen LogP contribution in [0.3, 0.4) is 0 Å². The quantitative estimate of drug-likeness (QED) is 0.375. The lowest BCUT2D eigenvalue weighted by atomic mass is 9.97. The normalized spacial score (nSPS) is 18.7. The van der Waals surface area contributed by atoms with Gasteiger partial charge < -0.3 is 15.5 Å². The van der Waals surface area contributed by atoms with Crippen LogP contribution in [0.1, 0.15) is 76.0 Å². The number of nitrogens with one attached hydrogen (secondary N) is 2. The Balaban J connectivity index is 1.58. The van der Waals surface area contributed by atoms with Crippen LogP contribution in [-0.4, -0.2) is 82.7 Å². The van der Waals surface area contributed by atoms with Crippen molar-refractivity contribution in [2.45, 2.75) is 66.0 Å². The van der Waals surface area contributed by atoms with E-state index >= 15 is 0 Å². The molecule has 9 heteroatoms. The van der Waals surface area contributed by atoms with Crippen LogP contribution in [0.25, 0.3) is 16.6 Å². The molecule has 2 aliphatic heterocycles. The lowest BCUT2D eigenvalue weighted by molar-refractivity contribution is -0.108. The van der Waals surface area contributed by atoms with Gasteiger partial charge in [-0.2, -0.15) is 5.10 Å². The van der Waals surface area contributed by atoms with Crippen molar-refractivity contribution in [3.8, 4) is 0 Å². The van der Waals surface area contributed by atoms with E-state index in [0.717, 1.165) is 66.2 Å². The van der Waals surface area contributed by atoms with Crippen LogP contribution in [0.15, 0.2) is 41.3 Å². The summed E-state index contributed by atoms with van der Waals surface area (Å²) in [6, 6.07) is 2.71. The summed E-state index contributed by atoms with van der Waals surface area (Å²) in [7, 11) is 2.20. The molecule has 0 bridgehead atoms. The van der Waals surface area contributed by atoms with Gasteiger partial charge in [0.2, 0.25) is 6.41 Å². The maximum absolute atomic E-state index is 13.5. The SMILES string of the molecule is C/C(=C/C(C)=C(\C)CNC(=O)c1cc(C2=CCN(C3CCN(C)CC3)CC2)nc2c1cnn2C(C)C)NC=O. The standard InChI is InChI=1S/C30H43N7O2/c1-20(2)37-29-27(18-33-37)26(30(39)31-17-22(4)21(3)15-23(5)32-19-38)16-28(34-29)24-7-13-36(14-8-24)25-9-11-35(6)12-10-25/h7,15-16,18-20,25H,8-14,17H2,1-6H3,(H,31,39)(H,32,38)/b22-21+,23-15-. The first-order chi connectivity index (χ1) is 18.7. The van der Waals surface area contributed by atoms with Gasteiger partial charge in [0.25, 0.3) is 5.91 Å². The van der Waals surface area contributed by atoms with Gasteiger partial charge in [0.1, 0.15) is 0 Å². The Morgan fingerprint density at radius 3 is 2.56 bits per heavy atom. The van der Waals surface area contributed by atoms with Gasteiger partial charge in [-0.1, -0.05) is 11.6 Å². The zero-order valence-electron chi connectivity index (χ0n) is 24.3. The molecule has 1 saturated heterocycles. The van der Waals surface area contributed by atoms with Crippen LogP contribution >= 0.6 is 0 Å². The van der Waals surface area contributed by atoms with Gasteiger partial charge in [0.05, 0.1) is 22.8 Å². The predicted octanol–water partition coefficient (Wildman–Crippen LogP) is 3.91. The van der Waals surface area contributed by atoms with E-state index in [0.29, 0.717) is 24.6 Å². The van der Waals surface area contributed by atoms with Crippen molar-refractivity contribution in [3.05, 3.63) is 52.5 Å². The lowest BCUT2D eigenvalue weighted by Crippen LogP contribution is -2.45. The highest BCUT2D eigenvalue weighted by molar-refractivity contribution is 6.06. The minimum atomic E-state index is -0.143. The number of carbonyl (C=O) groups excluding carboxylic acids is 2. The van der Waals surface area contributed by atoms with Gasteiger partial charge in [-0.15, -0.1) is 0 Å². The van der Waals surface area contributed by atoms with Crippen LogP contribution in [0.2, 0.25) is 0 Å². The molecule has 2 amide bonds. The molecule has 0 atom stereocenters. The van der Waals surface area contributed by atoms with Crippen LogP contribution in [-0.2, 0) is 4.79 Å². The summed E-state index contributed by atoms with van der Waals surface area (Å²) < 4.78 is 1.90. The largest absolute Gasteiger partial charge is 0.348 e. The molecule has 2 aromatic heterocycles. The number of pyridine rings is 1. The first kappa shape index (κ1) is 28.7. The Morgan fingerprint density at radius 2 is 1.92 bits per heavy atom. The van der Waals surface area contributed by atoms with Crippen molar-refractivity contribution in [1.82, 2.24) is 35.2 Å². The summed E-state index contributed by atoms with van der Waals surface area (Å²) in [5, 5.41) is 11.1. The van der Waals surface area contributed by atoms with Crippen molar-refractivity contribution in [2.24, 2.45) is 0 Å². The second-order valence-corrected chi connectivity index (χ2v) is 11.2. The van der Waals surface area contributed by atoms with Crippen molar-refractivity contribution in [2.75, 3.05) is 39.8 Å². The third kappa shape index (κ3) is 6.83. The number of amides is 2. The van der Waals surface area contributed by atoms with Gasteiger partial charge in [0.15, 0.2) is 5.65 Å². The molecule has 0 aromatic carbocycles. The Kier molecular flexibility index (Phi) is 9.35. The number of carbonyl (C=O) groups is 2. The zero-order chi connectivity index (χ0) is 28.1. The maximum atomic E-state index is 13.5. The molecule has 2 aromatic rings. The van der Waals surface area contributed by atoms with E-state index in [2.05, 4.69) is 52.5 Å². The van der Waals surface area contributed by atoms with Crippen molar-refractivity contribution >= 4 is 28.9 Å². The van der Waals surface area contributed by atoms with Crippen LogP contribution in [0.5, 0.6) is 0 Å². The average Bonchev–Trinajstić information content (AvgIpc) is 3.36. The van der Waals surface area contributed by atoms with Crippen LogP contribution < -0.4 is 10.6 Å². The lowest BCUT2D eigenvalue weighted by Gasteiger charge is -2.38. The minimum Gasteiger partial charge on any atom is -0.348 e. The fourth-order valence-corrected chi connectivity index (χ4v) is 5.39. The summed E-state index contributed by atoms with van der Waals surface area (Å²) in [6.45, 7) is 14.6. The molecular weight excluding hydrogens is 490 g/mol. The van der Waals surface area contributed by atoms with E-state index in [-0.39, 0.29) is 11.9 Å².